The number of anilines is 1. The van der Waals surface area contributed by atoms with Gasteiger partial charge in [0.25, 0.3) is 15.9 Å². The molecule has 0 unspecified atom stereocenters. The molecule has 0 aliphatic carbocycles. The molecule has 120 valence electrons. The van der Waals surface area contributed by atoms with E-state index < -0.39 is 10.0 Å². The first-order valence-electron chi connectivity index (χ1n) is 7.01. The Kier molecular flexibility index (Phi) is 5.18. The number of carbonyl (C=O) groups is 1. The van der Waals surface area contributed by atoms with Crippen LogP contribution in [0.15, 0.2) is 66.1 Å². The Labute approximate surface area is 136 Å². The number of aryl methyl sites for hydroxylation is 1. The first-order valence-corrected chi connectivity index (χ1v) is 8.49. The largest absolute Gasteiger partial charge is 0.349 e. The van der Waals surface area contributed by atoms with Gasteiger partial charge in [-0.1, -0.05) is 18.2 Å². The fraction of sp³-hybridized carbons (Fsp3) is 0.118. The first kappa shape index (κ1) is 16.8. The Balaban J connectivity index is 2.17. The maximum Gasteiger partial charge on any atom is 0.261 e. The van der Waals surface area contributed by atoms with Gasteiger partial charge in [0.15, 0.2) is 0 Å². The fourth-order valence-corrected chi connectivity index (χ4v) is 3.02. The number of rotatable bonds is 6. The molecule has 0 spiro atoms. The van der Waals surface area contributed by atoms with Gasteiger partial charge >= 0.3 is 0 Å². The Hall–Kier alpha value is -2.60. The molecule has 0 aliphatic heterocycles. The highest BCUT2D eigenvalue weighted by molar-refractivity contribution is 7.92. The van der Waals surface area contributed by atoms with Gasteiger partial charge in [-0.3, -0.25) is 9.52 Å². The van der Waals surface area contributed by atoms with Crippen molar-refractivity contribution in [3.63, 3.8) is 0 Å². The summed E-state index contributed by atoms with van der Waals surface area (Å²) in [6, 6.07) is 12.8. The van der Waals surface area contributed by atoms with Gasteiger partial charge in [0, 0.05) is 17.8 Å². The highest BCUT2D eigenvalue weighted by Crippen LogP contribution is 2.17. The molecular formula is C17H18N2O3S. The second kappa shape index (κ2) is 7.11. The molecule has 2 rings (SSSR count). The SMILES string of the molecule is C=CCNC(=O)c1ccc(S(=O)(=O)Nc2cccc(C)c2)cc1. The lowest BCUT2D eigenvalue weighted by Crippen LogP contribution is -2.23. The molecule has 0 radical (unpaired) electrons. The van der Waals surface area contributed by atoms with Crippen LogP contribution in [0, 0.1) is 6.92 Å². The number of hydrogen-bond acceptors (Lipinski definition) is 3. The van der Waals surface area contributed by atoms with E-state index in [0.29, 0.717) is 17.8 Å². The number of nitrogens with one attached hydrogen (secondary N) is 2. The van der Waals surface area contributed by atoms with Crippen molar-refractivity contribution in [1.29, 1.82) is 0 Å². The third-order valence-electron chi connectivity index (χ3n) is 3.10. The zero-order chi connectivity index (χ0) is 16.9. The summed E-state index contributed by atoms with van der Waals surface area (Å²) in [6.07, 6.45) is 1.57. The zero-order valence-electron chi connectivity index (χ0n) is 12.7. The van der Waals surface area contributed by atoms with Crippen LogP contribution in [0.2, 0.25) is 0 Å². The highest BCUT2D eigenvalue weighted by atomic mass is 32.2. The van der Waals surface area contributed by atoms with Crippen LogP contribution < -0.4 is 10.0 Å². The van der Waals surface area contributed by atoms with Gasteiger partial charge in [-0.15, -0.1) is 6.58 Å². The quantitative estimate of drug-likeness (QED) is 0.800. The highest BCUT2D eigenvalue weighted by Gasteiger charge is 2.15. The predicted octanol–water partition coefficient (Wildman–Crippen LogP) is 2.71. The number of benzene rings is 2. The van der Waals surface area contributed by atoms with Crippen molar-refractivity contribution in [2.45, 2.75) is 11.8 Å². The smallest absolute Gasteiger partial charge is 0.261 e. The predicted molar refractivity (Wildman–Crippen MR) is 91.0 cm³/mol. The maximum atomic E-state index is 12.3. The van der Waals surface area contributed by atoms with E-state index in [9.17, 15) is 13.2 Å². The molecule has 0 heterocycles. The van der Waals surface area contributed by atoms with Crippen molar-refractivity contribution in [3.8, 4) is 0 Å². The van der Waals surface area contributed by atoms with Crippen molar-refractivity contribution in [2.24, 2.45) is 0 Å². The topological polar surface area (TPSA) is 75.3 Å². The minimum atomic E-state index is -3.69. The van der Waals surface area contributed by atoms with Crippen LogP contribution in [-0.4, -0.2) is 20.9 Å². The summed E-state index contributed by atoms with van der Waals surface area (Å²) in [7, 11) is -3.69. The van der Waals surface area contributed by atoms with Gasteiger partial charge in [0.2, 0.25) is 0 Å². The third kappa shape index (κ3) is 4.43. The standard InChI is InChI=1S/C17H18N2O3S/c1-3-11-18-17(20)14-7-9-16(10-8-14)23(21,22)19-15-6-4-5-13(2)12-15/h3-10,12,19H,1,11H2,2H3,(H,18,20). The third-order valence-corrected chi connectivity index (χ3v) is 4.50. The number of hydrogen-bond donors (Lipinski definition) is 2. The zero-order valence-corrected chi connectivity index (χ0v) is 13.6. The van der Waals surface area contributed by atoms with E-state index in [-0.39, 0.29) is 10.8 Å². The molecule has 0 bridgehead atoms. The van der Waals surface area contributed by atoms with Crippen molar-refractivity contribution in [1.82, 2.24) is 5.32 Å². The van der Waals surface area contributed by atoms with Gasteiger partial charge in [-0.05, 0) is 48.9 Å². The van der Waals surface area contributed by atoms with Gasteiger partial charge in [-0.25, -0.2) is 8.42 Å². The molecular weight excluding hydrogens is 312 g/mol. The Morgan fingerprint density at radius 2 is 1.87 bits per heavy atom. The van der Waals surface area contributed by atoms with Gasteiger partial charge in [0.1, 0.15) is 0 Å². The Morgan fingerprint density at radius 1 is 1.17 bits per heavy atom. The van der Waals surface area contributed by atoms with E-state index in [1.807, 2.05) is 13.0 Å². The molecule has 2 aromatic carbocycles. The monoisotopic (exact) mass is 330 g/mol. The lowest BCUT2D eigenvalue weighted by Gasteiger charge is -2.09. The normalized spacial score (nSPS) is 10.8. The van der Waals surface area contributed by atoms with Crippen molar-refractivity contribution in [3.05, 3.63) is 72.3 Å². The van der Waals surface area contributed by atoms with E-state index >= 15 is 0 Å². The second-order valence-electron chi connectivity index (χ2n) is 5.00. The van der Waals surface area contributed by atoms with Crippen LogP contribution >= 0.6 is 0 Å². The Bertz CT molecular complexity index is 812. The van der Waals surface area contributed by atoms with Gasteiger partial charge in [-0.2, -0.15) is 0 Å². The van der Waals surface area contributed by atoms with Crippen molar-refractivity contribution in [2.75, 3.05) is 11.3 Å². The molecule has 0 fully saturated rings. The van der Waals surface area contributed by atoms with Crippen LogP contribution in [0.4, 0.5) is 5.69 Å². The van der Waals surface area contributed by atoms with Gasteiger partial charge < -0.3 is 5.32 Å². The summed E-state index contributed by atoms with van der Waals surface area (Å²) in [4.78, 5) is 11.9. The second-order valence-corrected chi connectivity index (χ2v) is 6.68. The molecule has 2 aromatic rings. The molecule has 23 heavy (non-hydrogen) atoms. The van der Waals surface area contributed by atoms with Crippen LogP contribution in [-0.2, 0) is 10.0 Å². The molecule has 2 N–H and O–H groups in total. The number of sulfonamides is 1. The lowest BCUT2D eigenvalue weighted by atomic mass is 10.2. The van der Waals surface area contributed by atoms with Crippen molar-refractivity contribution >= 4 is 21.6 Å². The molecule has 0 saturated carbocycles. The van der Waals surface area contributed by atoms with Crippen molar-refractivity contribution < 1.29 is 13.2 Å². The molecule has 0 saturated heterocycles. The minimum absolute atomic E-state index is 0.0966. The molecule has 0 atom stereocenters. The summed E-state index contributed by atoms with van der Waals surface area (Å²) in [5.41, 5.74) is 1.85. The number of amides is 1. The summed E-state index contributed by atoms with van der Waals surface area (Å²) in [5.74, 6) is -0.277. The summed E-state index contributed by atoms with van der Waals surface area (Å²) in [5, 5.41) is 2.63. The summed E-state index contributed by atoms with van der Waals surface area (Å²) >= 11 is 0. The van der Waals surface area contributed by atoms with Crippen LogP contribution in [0.5, 0.6) is 0 Å². The molecule has 0 aromatic heterocycles. The average molecular weight is 330 g/mol. The van der Waals surface area contributed by atoms with E-state index in [0.717, 1.165) is 5.56 Å². The van der Waals surface area contributed by atoms with Crippen LogP contribution in [0.25, 0.3) is 0 Å². The summed E-state index contributed by atoms with van der Waals surface area (Å²) < 4.78 is 27.2. The average Bonchev–Trinajstić information content (AvgIpc) is 2.52. The van der Waals surface area contributed by atoms with Crippen LogP contribution in [0.3, 0.4) is 0 Å². The summed E-state index contributed by atoms with van der Waals surface area (Å²) in [6.45, 7) is 5.75. The molecule has 0 aliphatic rings. The van der Waals surface area contributed by atoms with E-state index in [1.165, 1.54) is 24.3 Å². The van der Waals surface area contributed by atoms with Gasteiger partial charge in [0.05, 0.1) is 4.90 Å². The van der Waals surface area contributed by atoms with Crippen LogP contribution in [0.1, 0.15) is 15.9 Å². The Morgan fingerprint density at radius 3 is 2.48 bits per heavy atom. The fourth-order valence-electron chi connectivity index (χ4n) is 1.98. The molecule has 1 amide bonds. The minimum Gasteiger partial charge on any atom is -0.349 e. The van der Waals surface area contributed by atoms with E-state index in [1.54, 1.807) is 24.3 Å². The molecule has 5 nitrogen and oxygen atoms in total. The molecule has 6 heteroatoms. The number of carbonyl (C=O) groups excluding carboxylic acids is 1. The first-order chi connectivity index (χ1) is 10.9. The van der Waals surface area contributed by atoms with E-state index in [2.05, 4.69) is 16.6 Å². The van der Waals surface area contributed by atoms with E-state index in [4.69, 9.17) is 0 Å². The lowest BCUT2D eigenvalue weighted by molar-refractivity contribution is 0.0958. The maximum absolute atomic E-state index is 12.3.